The molecule has 2 atom stereocenters. The zero-order chi connectivity index (χ0) is 16.4. The molecule has 2 unspecified atom stereocenters. The van der Waals surface area contributed by atoms with Crippen molar-refractivity contribution in [1.82, 2.24) is 4.90 Å². The summed E-state index contributed by atoms with van der Waals surface area (Å²) in [5.74, 6) is -8.30. The van der Waals surface area contributed by atoms with Gasteiger partial charge in [0, 0.05) is 19.2 Å². The Hall–Kier alpha value is -1.83. The molecule has 1 fully saturated rings. The Balaban J connectivity index is 2.06. The maximum Gasteiger partial charge on any atom is 0.260 e. The zero-order valence-corrected chi connectivity index (χ0v) is 12.0. The van der Waals surface area contributed by atoms with Crippen LogP contribution in [0.25, 0.3) is 0 Å². The predicted octanol–water partition coefficient (Wildman–Crippen LogP) is 2.26. The number of carbonyl (C=O) groups is 1. The third-order valence-electron chi connectivity index (χ3n) is 3.18. The number of morpholine rings is 1. The largest absolute Gasteiger partial charge is 0.477 e. The van der Waals surface area contributed by atoms with Gasteiger partial charge in [-0.1, -0.05) is 0 Å². The molecule has 0 N–H and O–H groups in total. The van der Waals surface area contributed by atoms with Gasteiger partial charge in [0.2, 0.25) is 11.6 Å². The van der Waals surface area contributed by atoms with Crippen molar-refractivity contribution in [3.05, 3.63) is 29.3 Å². The highest BCUT2D eigenvalue weighted by molar-refractivity contribution is 5.78. The topological polar surface area (TPSA) is 38.8 Å². The SMILES string of the molecule is CC1CN(C(=O)COc2c(F)c(F)cc(F)c2F)CC(C)O1. The monoisotopic (exact) mass is 321 g/mol. The molecule has 1 saturated heterocycles. The van der Waals surface area contributed by atoms with E-state index in [0.717, 1.165) is 0 Å². The summed E-state index contributed by atoms with van der Waals surface area (Å²) in [5, 5.41) is 0. The van der Waals surface area contributed by atoms with Gasteiger partial charge in [-0.15, -0.1) is 0 Å². The number of carbonyl (C=O) groups excluding carboxylic acids is 1. The molecule has 0 saturated carbocycles. The van der Waals surface area contributed by atoms with Crippen molar-refractivity contribution in [3.63, 3.8) is 0 Å². The van der Waals surface area contributed by atoms with E-state index in [9.17, 15) is 22.4 Å². The average molecular weight is 321 g/mol. The highest BCUT2D eigenvalue weighted by Crippen LogP contribution is 2.26. The number of halogens is 4. The van der Waals surface area contributed by atoms with Gasteiger partial charge < -0.3 is 14.4 Å². The van der Waals surface area contributed by atoms with E-state index in [1.165, 1.54) is 4.90 Å². The minimum atomic E-state index is -1.67. The highest BCUT2D eigenvalue weighted by Gasteiger charge is 2.27. The maximum atomic E-state index is 13.4. The van der Waals surface area contributed by atoms with Gasteiger partial charge in [0.1, 0.15) is 0 Å². The fraction of sp³-hybridized carbons (Fsp3) is 0.500. The Morgan fingerprint density at radius 1 is 1.18 bits per heavy atom. The van der Waals surface area contributed by atoms with E-state index < -0.39 is 41.5 Å². The zero-order valence-electron chi connectivity index (χ0n) is 12.0. The Labute approximate surface area is 124 Å². The number of nitrogens with zero attached hydrogens (tertiary/aromatic N) is 1. The van der Waals surface area contributed by atoms with Crippen LogP contribution in [0, 0.1) is 23.3 Å². The molecule has 0 aliphatic carbocycles. The Bertz CT molecular complexity index is 545. The lowest BCUT2D eigenvalue weighted by atomic mass is 10.2. The molecule has 1 aromatic carbocycles. The van der Waals surface area contributed by atoms with Crippen LogP contribution in [0.5, 0.6) is 5.75 Å². The van der Waals surface area contributed by atoms with Gasteiger partial charge in [0.05, 0.1) is 12.2 Å². The summed E-state index contributed by atoms with van der Waals surface area (Å²) in [7, 11) is 0. The summed E-state index contributed by atoms with van der Waals surface area (Å²) >= 11 is 0. The van der Waals surface area contributed by atoms with Gasteiger partial charge in [-0.3, -0.25) is 4.79 Å². The Morgan fingerprint density at radius 2 is 1.68 bits per heavy atom. The summed E-state index contributed by atoms with van der Waals surface area (Å²) in [6.45, 7) is 3.43. The molecule has 0 spiro atoms. The first-order valence-electron chi connectivity index (χ1n) is 6.68. The van der Waals surface area contributed by atoms with Crippen molar-refractivity contribution in [1.29, 1.82) is 0 Å². The van der Waals surface area contributed by atoms with Crippen LogP contribution >= 0.6 is 0 Å². The number of rotatable bonds is 3. The Kier molecular flexibility index (Phi) is 4.90. The first-order valence-corrected chi connectivity index (χ1v) is 6.68. The van der Waals surface area contributed by atoms with E-state index in [-0.39, 0.29) is 18.3 Å². The van der Waals surface area contributed by atoms with E-state index in [1.807, 2.05) is 0 Å². The third-order valence-corrected chi connectivity index (χ3v) is 3.18. The molecule has 2 rings (SSSR count). The second kappa shape index (κ2) is 6.51. The molecule has 0 radical (unpaired) electrons. The number of benzene rings is 1. The van der Waals surface area contributed by atoms with Crippen LogP contribution in [0.3, 0.4) is 0 Å². The fourth-order valence-electron chi connectivity index (χ4n) is 2.28. The van der Waals surface area contributed by atoms with Crippen molar-refractivity contribution >= 4 is 5.91 Å². The number of hydrogen-bond donors (Lipinski definition) is 0. The Morgan fingerprint density at radius 3 is 2.18 bits per heavy atom. The van der Waals surface area contributed by atoms with Crippen LogP contribution in [-0.4, -0.2) is 42.7 Å². The third kappa shape index (κ3) is 3.49. The highest BCUT2D eigenvalue weighted by atomic mass is 19.2. The van der Waals surface area contributed by atoms with Crippen LogP contribution in [0.1, 0.15) is 13.8 Å². The van der Waals surface area contributed by atoms with E-state index in [2.05, 4.69) is 4.74 Å². The summed E-state index contributed by atoms with van der Waals surface area (Å²) in [6.07, 6.45) is -0.374. The average Bonchev–Trinajstić information content (AvgIpc) is 2.44. The molecule has 4 nitrogen and oxygen atoms in total. The van der Waals surface area contributed by atoms with Crippen molar-refractivity contribution in [2.75, 3.05) is 19.7 Å². The summed E-state index contributed by atoms with van der Waals surface area (Å²) in [4.78, 5) is 13.4. The normalized spacial score (nSPS) is 21.8. The number of hydrogen-bond acceptors (Lipinski definition) is 3. The first kappa shape index (κ1) is 16.5. The molecule has 0 bridgehead atoms. The minimum absolute atomic E-state index is 0.0741. The standard InChI is InChI=1S/C14H15F4NO3/c1-7-4-19(5-8(2)22-7)11(20)6-21-14-12(17)9(15)3-10(16)13(14)18/h3,7-8H,4-6H2,1-2H3. The van der Waals surface area contributed by atoms with E-state index in [1.54, 1.807) is 13.8 Å². The lowest BCUT2D eigenvalue weighted by molar-refractivity contribution is -0.145. The summed E-state index contributed by atoms with van der Waals surface area (Å²) in [6, 6.07) is 0.0741. The molecule has 0 aromatic heterocycles. The van der Waals surface area contributed by atoms with Gasteiger partial charge in [-0.05, 0) is 13.8 Å². The summed E-state index contributed by atoms with van der Waals surface area (Å²) in [5.41, 5.74) is 0. The van der Waals surface area contributed by atoms with Gasteiger partial charge in [0.25, 0.3) is 5.91 Å². The van der Waals surface area contributed by atoms with Crippen LogP contribution in [-0.2, 0) is 9.53 Å². The minimum Gasteiger partial charge on any atom is -0.477 e. The molecule has 1 amide bonds. The molecule has 22 heavy (non-hydrogen) atoms. The van der Waals surface area contributed by atoms with Crippen molar-refractivity contribution in [3.8, 4) is 5.75 Å². The van der Waals surface area contributed by atoms with Crippen LogP contribution in [0.2, 0.25) is 0 Å². The van der Waals surface area contributed by atoms with Gasteiger partial charge in [-0.25, -0.2) is 8.78 Å². The van der Waals surface area contributed by atoms with E-state index in [0.29, 0.717) is 13.1 Å². The van der Waals surface area contributed by atoms with Crippen LogP contribution in [0.4, 0.5) is 17.6 Å². The second-order valence-electron chi connectivity index (χ2n) is 5.14. The molecule has 1 aliphatic rings. The van der Waals surface area contributed by atoms with Gasteiger partial charge >= 0.3 is 0 Å². The molecule has 1 heterocycles. The molecular weight excluding hydrogens is 306 g/mol. The first-order chi connectivity index (χ1) is 10.3. The maximum absolute atomic E-state index is 13.4. The smallest absolute Gasteiger partial charge is 0.260 e. The van der Waals surface area contributed by atoms with Crippen molar-refractivity contribution in [2.24, 2.45) is 0 Å². The molecule has 1 aliphatic heterocycles. The van der Waals surface area contributed by atoms with E-state index >= 15 is 0 Å². The van der Waals surface area contributed by atoms with Gasteiger partial charge in [-0.2, -0.15) is 8.78 Å². The lowest BCUT2D eigenvalue weighted by Crippen LogP contribution is -2.49. The van der Waals surface area contributed by atoms with E-state index in [4.69, 9.17) is 4.74 Å². The number of amides is 1. The molecular formula is C14H15F4NO3. The molecule has 8 heteroatoms. The van der Waals surface area contributed by atoms with Crippen LogP contribution in [0.15, 0.2) is 6.07 Å². The van der Waals surface area contributed by atoms with Crippen LogP contribution < -0.4 is 4.74 Å². The predicted molar refractivity (Wildman–Crippen MR) is 68.4 cm³/mol. The summed E-state index contributed by atoms with van der Waals surface area (Å²) < 4.78 is 63.0. The molecule has 122 valence electrons. The quantitative estimate of drug-likeness (QED) is 0.633. The lowest BCUT2D eigenvalue weighted by Gasteiger charge is -2.35. The van der Waals surface area contributed by atoms with Gasteiger partial charge in [0.15, 0.2) is 24.0 Å². The second-order valence-corrected chi connectivity index (χ2v) is 5.14. The van der Waals surface area contributed by atoms with Crippen molar-refractivity contribution < 1.29 is 31.8 Å². The fourth-order valence-corrected chi connectivity index (χ4v) is 2.28. The van der Waals surface area contributed by atoms with Crippen molar-refractivity contribution in [2.45, 2.75) is 26.1 Å². The number of ether oxygens (including phenoxy) is 2. The molecule has 1 aromatic rings.